The second-order valence-electron chi connectivity index (χ2n) is 4.05. The predicted octanol–water partition coefficient (Wildman–Crippen LogP) is 2.68. The Labute approximate surface area is 95.1 Å². The van der Waals surface area contributed by atoms with Crippen LogP contribution in [-0.2, 0) is 0 Å². The highest BCUT2D eigenvalue weighted by Gasteiger charge is 2.43. The highest BCUT2D eigenvalue weighted by atomic mass is 32.2. The quantitative estimate of drug-likeness (QED) is 0.593. The van der Waals surface area contributed by atoms with E-state index in [4.69, 9.17) is 17.2 Å². The fourth-order valence-electron chi connectivity index (χ4n) is 2.35. The zero-order chi connectivity index (χ0) is 10.2. The van der Waals surface area contributed by atoms with Gasteiger partial charge in [-0.2, -0.15) is 0 Å². The van der Waals surface area contributed by atoms with Crippen molar-refractivity contribution in [1.82, 2.24) is 4.90 Å². The van der Waals surface area contributed by atoms with Gasteiger partial charge < -0.3 is 4.90 Å². The number of thiocarbonyl (C=S) groups is 1. The van der Waals surface area contributed by atoms with Crippen molar-refractivity contribution in [2.24, 2.45) is 4.99 Å². The minimum absolute atomic E-state index is 0.000671. The Bertz CT molecular complexity index is 280. The molecule has 0 radical (unpaired) electrons. The molecule has 2 nitrogen and oxygen atoms in total. The lowest BCUT2D eigenvalue weighted by Gasteiger charge is -2.31. The van der Waals surface area contributed by atoms with Crippen molar-refractivity contribution < 1.29 is 0 Å². The number of hydrogen-bond acceptors (Lipinski definition) is 3. The summed E-state index contributed by atoms with van der Waals surface area (Å²) in [4.78, 5) is 7.96. The molecule has 1 saturated carbocycles. The summed E-state index contributed by atoms with van der Waals surface area (Å²) in [5, 5.41) is 1.09. The molecule has 2 aliphatic rings. The van der Waals surface area contributed by atoms with Gasteiger partial charge in [0.2, 0.25) is 0 Å². The van der Waals surface area contributed by atoms with Gasteiger partial charge >= 0.3 is 0 Å². The lowest BCUT2D eigenvalue weighted by Crippen LogP contribution is -2.40. The Kier molecular flexibility index (Phi) is 2.84. The maximum absolute atomic E-state index is 5.52. The molecule has 78 valence electrons. The van der Waals surface area contributed by atoms with Crippen LogP contribution in [0, 0.1) is 0 Å². The van der Waals surface area contributed by atoms with Gasteiger partial charge in [0.15, 0.2) is 5.17 Å². The van der Waals surface area contributed by atoms with Crippen LogP contribution < -0.4 is 0 Å². The van der Waals surface area contributed by atoms with E-state index in [9.17, 15) is 0 Å². The molecule has 0 aromatic heterocycles. The smallest absolute Gasteiger partial charge is 0.164 e. The molecule has 1 aliphatic carbocycles. The van der Waals surface area contributed by atoms with Gasteiger partial charge in [-0.15, -0.1) is 0 Å². The van der Waals surface area contributed by atoms with Crippen LogP contribution in [0.15, 0.2) is 4.99 Å². The van der Waals surface area contributed by atoms with E-state index in [0.717, 1.165) is 23.0 Å². The first kappa shape index (κ1) is 10.4. The number of likely N-dealkylation sites (N-methyl/N-ethyl adjacent to an activating group) is 1. The molecule has 0 saturated heterocycles. The normalized spacial score (nSPS) is 25.7. The molecule has 4 heteroatoms. The minimum atomic E-state index is 0.000671. The number of thioether (sulfide) groups is 1. The first-order valence-electron chi connectivity index (χ1n) is 5.12. The van der Waals surface area contributed by atoms with Crippen LogP contribution >= 0.6 is 24.0 Å². The van der Waals surface area contributed by atoms with E-state index >= 15 is 0 Å². The first-order valence-corrected chi connectivity index (χ1v) is 6.75. The van der Waals surface area contributed by atoms with Gasteiger partial charge in [-0.25, -0.2) is 4.99 Å². The summed E-state index contributed by atoms with van der Waals surface area (Å²) < 4.78 is 0. The van der Waals surface area contributed by atoms with Gasteiger partial charge in [0.25, 0.3) is 0 Å². The molecule has 1 aliphatic heterocycles. The van der Waals surface area contributed by atoms with Crippen molar-refractivity contribution in [3.05, 3.63) is 0 Å². The van der Waals surface area contributed by atoms with E-state index in [-0.39, 0.29) is 5.54 Å². The second kappa shape index (κ2) is 3.81. The van der Waals surface area contributed by atoms with Crippen molar-refractivity contribution in [2.45, 2.75) is 37.6 Å². The Morgan fingerprint density at radius 1 is 1.36 bits per heavy atom. The lowest BCUT2D eigenvalue weighted by molar-refractivity contribution is 0.385. The average molecular weight is 228 g/mol. The van der Waals surface area contributed by atoms with E-state index in [1.807, 2.05) is 7.05 Å². The van der Waals surface area contributed by atoms with Crippen molar-refractivity contribution >= 4 is 34.1 Å². The number of aliphatic imine (C=N–C) groups is 1. The molecule has 0 amide bonds. The maximum atomic E-state index is 5.52. The Morgan fingerprint density at radius 3 is 2.50 bits per heavy atom. The summed E-state index contributed by atoms with van der Waals surface area (Å²) in [5.41, 5.74) is 0.000671. The van der Waals surface area contributed by atoms with Crippen LogP contribution in [0.3, 0.4) is 0 Å². The number of hydrogen-bond donors (Lipinski definition) is 0. The van der Waals surface area contributed by atoms with Gasteiger partial charge in [-0.3, -0.25) is 0 Å². The molecule has 1 fully saturated rings. The number of rotatable bonds is 0. The fourth-order valence-corrected chi connectivity index (χ4v) is 3.38. The van der Waals surface area contributed by atoms with E-state index in [0.29, 0.717) is 0 Å². The van der Waals surface area contributed by atoms with Crippen LogP contribution in [0.25, 0.3) is 0 Å². The predicted molar refractivity (Wildman–Crippen MR) is 67.1 cm³/mol. The van der Waals surface area contributed by atoms with Crippen LogP contribution in [0.1, 0.15) is 32.1 Å². The topological polar surface area (TPSA) is 15.6 Å². The Balaban J connectivity index is 2.27. The van der Waals surface area contributed by atoms with Crippen LogP contribution in [-0.4, -0.2) is 33.9 Å². The first-order chi connectivity index (χ1) is 6.69. The second-order valence-corrected chi connectivity index (χ2v) is 5.22. The highest BCUT2D eigenvalue weighted by molar-refractivity contribution is 8.13. The molecule has 0 aromatic carbocycles. The Morgan fingerprint density at radius 2 is 2.00 bits per heavy atom. The van der Waals surface area contributed by atoms with Gasteiger partial charge in [-0.05, 0) is 19.1 Å². The summed E-state index contributed by atoms with van der Waals surface area (Å²) in [6.45, 7) is 0. The molecule has 0 atom stereocenters. The molecule has 2 rings (SSSR count). The van der Waals surface area contributed by atoms with E-state index < -0.39 is 0 Å². The average Bonchev–Trinajstić information content (AvgIpc) is 2.45. The van der Waals surface area contributed by atoms with Crippen LogP contribution in [0.2, 0.25) is 0 Å². The third-order valence-corrected chi connectivity index (χ3v) is 4.55. The number of amidine groups is 1. The van der Waals surface area contributed by atoms with Crippen molar-refractivity contribution in [2.75, 3.05) is 13.3 Å². The van der Waals surface area contributed by atoms with Crippen LogP contribution in [0.4, 0.5) is 0 Å². The van der Waals surface area contributed by atoms with Gasteiger partial charge in [0.1, 0.15) is 10.5 Å². The third kappa shape index (κ3) is 1.48. The van der Waals surface area contributed by atoms with Crippen molar-refractivity contribution in [3.63, 3.8) is 0 Å². The summed E-state index contributed by atoms with van der Waals surface area (Å²) >= 11 is 7.22. The fraction of sp³-hybridized carbons (Fsp3) is 0.800. The molecule has 0 aromatic rings. The minimum Gasteiger partial charge on any atom is -0.317 e. The zero-order valence-electron chi connectivity index (χ0n) is 8.75. The monoisotopic (exact) mass is 228 g/mol. The van der Waals surface area contributed by atoms with Gasteiger partial charge in [0, 0.05) is 7.05 Å². The Hall–Kier alpha value is -0.0900. The molecule has 0 unspecified atom stereocenters. The molecular formula is C10H16N2S2. The molecule has 1 heterocycles. The SMILES string of the molecule is CSC1=NC2(CCCCC2)C(=S)N1C. The maximum Gasteiger partial charge on any atom is 0.164 e. The van der Waals surface area contributed by atoms with Gasteiger partial charge in [-0.1, -0.05) is 43.2 Å². The van der Waals surface area contributed by atoms with E-state index in [1.165, 1.54) is 19.3 Å². The molecule has 1 spiro atoms. The van der Waals surface area contributed by atoms with E-state index in [1.54, 1.807) is 11.8 Å². The van der Waals surface area contributed by atoms with Crippen molar-refractivity contribution in [1.29, 1.82) is 0 Å². The lowest BCUT2D eigenvalue weighted by atomic mass is 9.82. The molecule has 0 N–H and O–H groups in total. The van der Waals surface area contributed by atoms with Gasteiger partial charge in [0.05, 0.1) is 0 Å². The molecular weight excluding hydrogens is 212 g/mol. The van der Waals surface area contributed by atoms with Crippen LogP contribution in [0.5, 0.6) is 0 Å². The molecule has 0 bridgehead atoms. The number of nitrogens with zero attached hydrogens (tertiary/aromatic N) is 2. The summed E-state index contributed by atoms with van der Waals surface area (Å²) in [6.07, 6.45) is 8.27. The summed E-state index contributed by atoms with van der Waals surface area (Å²) in [6, 6.07) is 0. The zero-order valence-corrected chi connectivity index (χ0v) is 10.4. The largest absolute Gasteiger partial charge is 0.317 e. The van der Waals surface area contributed by atoms with E-state index in [2.05, 4.69) is 11.2 Å². The standard InChI is InChI=1S/C10H16N2S2/c1-12-8(13)10(11-9(12)14-2)6-4-3-5-7-10/h3-7H2,1-2H3. The third-order valence-electron chi connectivity index (χ3n) is 3.16. The molecule has 14 heavy (non-hydrogen) atoms. The highest BCUT2D eigenvalue weighted by Crippen LogP contribution is 2.38. The van der Waals surface area contributed by atoms with Crippen molar-refractivity contribution in [3.8, 4) is 0 Å². The summed E-state index contributed by atoms with van der Waals surface area (Å²) in [5.74, 6) is 0. The summed E-state index contributed by atoms with van der Waals surface area (Å²) in [7, 11) is 2.04.